The Kier molecular flexibility index (Phi) is 3.62. The van der Waals surface area contributed by atoms with Gasteiger partial charge in [-0.05, 0) is 19.1 Å². The van der Waals surface area contributed by atoms with Crippen LogP contribution in [-0.2, 0) is 0 Å². The normalized spacial score (nSPS) is 12.5. The maximum absolute atomic E-state index is 10.2. The first-order valence-corrected chi connectivity index (χ1v) is 5.76. The van der Waals surface area contributed by atoms with E-state index in [0.717, 1.165) is 0 Å². The van der Waals surface area contributed by atoms with Gasteiger partial charge in [0.2, 0.25) is 0 Å². The number of hydrogen-bond acceptors (Lipinski definition) is 3. The third-order valence-corrected chi connectivity index (χ3v) is 3.19. The Morgan fingerprint density at radius 2 is 2.00 bits per heavy atom. The average molecular weight is 269 g/mol. The van der Waals surface area contributed by atoms with Crippen molar-refractivity contribution in [1.29, 1.82) is 0 Å². The van der Waals surface area contributed by atoms with Gasteiger partial charge >= 0.3 is 0 Å². The van der Waals surface area contributed by atoms with Gasteiger partial charge in [-0.25, -0.2) is 9.97 Å². The Labute approximate surface area is 109 Å². The summed E-state index contributed by atoms with van der Waals surface area (Å²) in [6.07, 6.45) is 0.696. The predicted molar refractivity (Wildman–Crippen MR) is 67.3 cm³/mol. The monoisotopic (exact) mass is 268 g/mol. The molecule has 1 unspecified atom stereocenters. The summed E-state index contributed by atoms with van der Waals surface area (Å²) in [7, 11) is 0. The standard InChI is InChI=1S/C12H10Cl2N2O/c1-7-15-6-5-10(16-7)12(17)8-3-2-4-9(13)11(8)14/h2-6,12,17H,1H3. The Hall–Kier alpha value is -1.16. The van der Waals surface area contributed by atoms with Crippen molar-refractivity contribution < 1.29 is 5.11 Å². The van der Waals surface area contributed by atoms with E-state index in [-0.39, 0.29) is 0 Å². The summed E-state index contributed by atoms with van der Waals surface area (Å²) in [6, 6.07) is 6.78. The van der Waals surface area contributed by atoms with Gasteiger partial charge in [0.05, 0.1) is 15.7 Å². The number of aliphatic hydroxyl groups excluding tert-OH is 1. The summed E-state index contributed by atoms with van der Waals surface area (Å²) in [4.78, 5) is 8.13. The first-order chi connectivity index (χ1) is 8.09. The van der Waals surface area contributed by atoms with Crippen molar-refractivity contribution in [3.63, 3.8) is 0 Å². The van der Waals surface area contributed by atoms with Crippen molar-refractivity contribution in [3.8, 4) is 0 Å². The van der Waals surface area contributed by atoms with Crippen molar-refractivity contribution in [2.75, 3.05) is 0 Å². The number of aromatic nitrogens is 2. The van der Waals surface area contributed by atoms with E-state index >= 15 is 0 Å². The maximum Gasteiger partial charge on any atom is 0.125 e. The molecule has 1 N–H and O–H groups in total. The van der Waals surface area contributed by atoms with Crippen molar-refractivity contribution in [2.24, 2.45) is 0 Å². The first-order valence-electron chi connectivity index (χ1n) is 5.01. The number of hydrogen-bond donors (Lipinski definition) is 1. The Balaban J connectivity index is 2.44. The highest BCUT2D eigenvalue weighted by molar-refractivity contribution is 6.42. The highest BCUT2D eigenvalue weighted by Gasteiger charge is 2.16. The Morgan fingerprint density at radius 1 is 1.24 bits per heavy atom. The summed E-state index contributed by atoms with van der Waals surface area (Å²) < 4.78 is 0. The zero-order valence-electron chi connectivity index (χ0n) is 9.06. The van der Waals surface area contributed by atoms with Gasteiger partial charge in [0, 0.05) is 11.8 Å². The summed E-state index contributed by atoms with van der Waals surface area (Å²) in [5, 5.41) is 10.9. The smallest absolute Gasteiger partial charge is 0.125 e. The first kappa shape index (κ1) is 12.3. The van der Waals surface area contributed by atoms with E-state index in [0.29, 0.717) is 27.1 Å². The van der Waals surface area contributed by atoms with E-state index in [4.69, 9.17) is 23.2 Å². The lowest BCUT2D eigenvalue weighted by Crippen LogP contribution is -2.04. The molecule has 88 valence electrons. The molecule has 17 heavy (non-hydrogen) atoms. The van der Waals surface area contributed by atoms with E-state index in [1.165, 1.54) is 0 Å². The van der Waals surface area contributed by atoms with E-state index in [2.05, 4.69) is 9.97 Å². The second kappa shape index (κ2) is 5.00. The van der Waals surface area contributed by atoms with E-state index in [1.807, 2.05) is 0 Å². The SMILES string of the molecule is Cc1nccc(C(O)c2cccc(Cl)c2Cl)n1. The number of nitrogens with zero attached hydrogens (tertiary/aromatic N) is 2. The van der Waals surface area contributed by atoms with Crippen LogP contribution in [0.3, 0.4) is 0 Å². The number of benzene rings is 1. The number of aryl methyl sites for hydroxylation is 1. The lowest BCUT2D eigenvalue weighted by molar-refractivity contribution is 0.215. The van der Waals surface area contributed by atoms with Gasteiger partial charge in [-0.1, -0.05) is 35.3 Å². The van der Waals surface area contributed by atoms with E-state index < -0.39 is 6.10 Å². The molecular weight excluding hydrogens is 259 g/mol. The minimum absolute atomic E-state index is 0.345. The quantitative estimate of drug-likeness (QED) is 0.910. The van der Waals surface area contributed by atoms with Crippen LogP contribution in [0.4, 0.5) is 0 Å². The number of halogens is 2. The van der Waals surface area contributed by atoms with Crippen LogP contribution in [0.1, 0.15) is 23.2 Å². The second-order valence-electron chi connectivity index (χ2n) is 3.57. The molecule has 0 aliphatic carbocycles. The van der Waals surface area contributed by atoms with Crippen molar-refractivity contribution >= 4 is 23.2 Å². The molecule has 0 bridgehead atoms. The zero-order valence-corrected chi connectivity index (χ0v) is 10.6. The molecule has 0 fully saturated rings. The second-order valence-corrected chi connectivity index (χ2v) is 4.36. The fraction of sp³-hybridized carbons (Fsp3) is 0.167. The molecule has 0 aliphatic rings. The molecule has 0 aliphatic heterocycles. The van der Waals surface area contributed by atoms with Crippen molar-refractivity contribution in [1.82, 2.24) is 9.97 Å². The van der Waals surface area contributed by atoms with Crippen molar-refractivity contribution in [3.05, 3.63) is 57.6 Å². The largest absolute Gasteiger partial charge is 0.382 e. The molecule has 1 atom stereocenters. The van der Waals surface area contributed by atoms with Gasteiger partial charge in [0.25, 0.3) is 0 Å². The van der Waals surface area contributed by atoms with Crippen LogP contribution in [0.2, 0.25) is 10.0 Å². The van der Waals surface area contributed by atoms with Crippen LogP contribution in [0.25, 0.3) is 0 Å². The fourth-order valence-electron chi connectivity index (χ4n) is 1.52. The molecule has 0 radical (unpaired) electrons. The van der Waals surface area contributed by atoms with Gasteiger partial charge < -0.3 is 5.11 Å². The predicted octanol–water partition coefficient (Wildman–Crippen LogP) is 3.17. The molecule has 0 spiro atoms. The number of rotatable bonds is 2. The summed E-state index contributed by atoms with van der Waals surface area (Å²) in [6.45, 7) is 1.76. The molecule has 1 aromatic heterocycles. The number of aliphatic hydroxyl groups is 1. The van der Waals surface area contributed by atoms with Gasteiger partial charge in [0.1, 0.15) is 11.9 Å². The molecule has 0 amide bonds. The lowest BCUT2D eigenvalue weighted by atomic mass is 10.1. The van der Waals surface area contributed by atoms with Gasteiger partial charge in [0.15, 0.2) is 0 Å². The minimum atomic E-state index is -0.900. The summed E-state index contributed by atoms with van der Waals surface area (Å²) in [5.41, 5.74) is 1.04. The van der Waals surface area contributed by atoms with Gasteiger partial charge in [-0.15, -0.1) is 0 Å². The summed E-state index contributed by atoms with van der Waals surface area (Å²) in [5.74, 6) is 0.597. The Morgan fingerprint density at radius 3 is 2.71 bits per heavy atom. The van der Waals surface area contributed by atoms with Crippen LogP contribution < -0.4 is 0 Å². The topological polar surface area (TPSA) is 46.0 Å². The van der Waals surface area contributed by atoms with Crippen LogP contribution in [0.5, 0.6) is 0 Å². The molecule has 2 rings (SSSR count). The molecule has 0 saturated carbocycles. The highest BCUT2D eigenvalue weighted by Crippen LogP contribution is 2.32. The van der Waals surface area contributed by atoms with Crippen molar-refractivity contribution in [2.45, 2.75) is 13.0 Å². The fourth-order valence-corrected chi connectivity index (χ4v) is 1.93. The molecule has 1 aromatic carbocycles. The zero-order chi connectivity index (χ0) is 12.4. The lowest BCUT2D eigenvalue weighted by Gasteiger charge is -2.13. The van der Waals surface area contributed by atoms with Gasteiger partial charge in [-0.2, -0.15) is 0 Å². The maximum atomic E-state index is 10.2. The van der Waals surface area contributed by atoms with E-state index in [1.54, 1.807) is 37.4 Å². The van der Waals surface area contributed by atoms with Crippen LogP contribution in [0, 0.1) is 6.92 Å². The van der Waals surface area contributed by atoms with Crippen LogP contribution in [-0.4, -0.2) is 15.1 Å². The third kappa shape index (κ3) is 2.57. The third-order valence-electron chi connectivity index (χ3n) is 2.35. The highest BCUT2D eigenvalue weighted by atomic mass is 35.5. The molecule has 2 aromatic rings. The Bertz CT molecular complexity index is 546. The molecule has 1 heterocycles. The van der Waals surface area contributed by atoms with Crippen LogP contribution in [0.15, 0.2) is 30.5 Å². The van der Waals surface area contributed by atoms with Gasteiger partial charge in [-0.3, -0.25) is 0 Å². The molecule has 5 heteroatoms. The summed E-state index contributed by atoms with van der Waals surface area (Å²) >= 11 is 11.9. The van der Waals surface area contributed by atoms with E-state index in [9.17, 15) is 5.11 Å². The molecule has 0 saturated heterocycles. The minimum Gasteiger partial charge on any atom is -0.382 e. The van der Waals surface area contributed by atoms with Crippen LogP contribution >= 0.6 is 23.2 Å². The molecule has 3 nitrogen and oxygen atoms in total. The average Bonchev–Trinajstić information content (AvgIpc) is 2.32. The molecular formula is C12H10Cl2N2O.